The first-order valence-corrected chi connectivity index (χ1v) is 8.54. The second kappa shape index (κ2) is 8.82. The summed E-state index contributed by atoms with van der Waals surface area (Å²) in [6.07, 6.45) is 1.74. The maximum absolute atomic E-state index is 12.8. The first-order chi connectivity index (χ1) is 13.2. The van der Waals surface area contributed by atoms with Gasteiger partial charge in [0.15, 0.2) is 5.76 Å². The summed E-state index contributed by atoms with van der Waals surface area (Å²) >= 11 is 0. The molecule has 6 nitrogen and oxygen atoms in total. The number of amides is 2. The Morgan fingerprint density at radius 1 is 0.963 bits per heavy atom. The molecule has 1 unspecified atom stereocenters. The van der Waals surface area contributed by atoms with E-state index in [1.807, 2.05) is 30.3 Å². The van der Waals surface area contributed by atoms with Crippen LogP contribution in [-0.2, 0) is 17.8 Å². The minimum absolute atomic E-state index is 0.119. The van der Waals surface area contributed by atoms with Crippen molar-refractivity contribution in [3.8, 4) is 0 Å². The van der Waals surface area contributed by atoms with Crippen LogP contribution in [-0.4, -0.2) is 23.0 Å². The Bertz CT molecular complexity index is 892. The van der Waals surface area contributed by atoms with Gasteiger partial charge in [0.2, 0.25) is 5.91 Å². The van der Waals surface area contributed by atoms with Crippen molar-refractivity contribution in [2.45, 2.75) is 19.1 Å². The number of hydrogen-bond acceptors (Lipinski definition) is 4. The van der Waals surface area contributed by atoms with E-state index in [2.05, 4.69) is 10.6 Å². The summed E-state index contributed by atoms with van der Waals surface area (Å²) in [5.74, 6) is -0.669. The molecule has 0 aliphatic carbocycles. The lowest BCUT2D eigenvalue weighted by Crippen LogP contribution is -2.45. The molecule has 2 aromatic carbocycles. The largest absolute Gasteiger partial charge is 0.459 e. The van der Waals surface area contributed by atoms with Crippen LogP contribution in [0.25, 0.3) is 0 Å². The molecule has 0 aliphatic heterocycles. The Kier molecular flexibility index (Phi) is 6.02. The van der Waals surface area contributed by atoms with E-state index in [0.29, 0.717) is 17.7 Å². The zero-order valence-electron chi connectivity index (χ0n) is 14.6. The van der Waals surface area contributed by atoms with Crippen molar-refractivity contribution in [2.24, 2.45) is 0 Å². The Balaban J connectivity index is 1.77. The summed E-state index contributed by atoms with van der Waals surface area (Å²) < 4.78 is 5.10. The highest BCUT2D eigenvalue weighted by molar-refractivity contribution is 6.00. The molecule has 3 N–H and O–H groups in total. The normalized spacial score (nSPS) is 11.6. The van der Waals surface area contributed by atoms with Gasteiger partial charge >= 0.3 is 0 Å². The highest BCUT2D eigenvalue weighted by Gasteiger charge is 2.23. The summed E-state index contributed by atoms with van der Waals surface area (Å²) in [5.41, 5.74) is 2.16. The first-order valence-electron chi connectivity index (χ1n) is 8.54. The zero-order chi connectivity index (χ0) is 19.1. The SMILES string of the molecule is O=C(NC(Cc1ccccc1)C(=O)Nc1cccc(CO)c1)c1ccco1. The number of carbonyl (C=O) groups is 2. The molecule has 1 aromatic heterocycles. The molecule has 3 aromatic rings. The Hall–Kier alpha value is -3.38. The van der Waals surface area contributed by atoms with Gasteiger partial charge in [-0.15, -0.1) is 0 Å². The number of aliphatic hydroxyl groups excluding tert-OH is 1. The molecule has 3 rings (SSSR count). The van der Waals surface area contributed by atoms with Crippen LogP contribution >= 0.6 is 0 Å². The van der Waals surface area contributed by atoms with Crippen molar-refractivity contribution < 1.29 is 19.1 Å². The molecule has 2 amide bonds. The number of nitrogens with one attached hydrogen (secondary N) is 2. The van der Waals surface area contributed by atoms with Crippen LogP contribution in [0.4, 0.5) is 5.69 Å². The molecule has 0 bridgehead atoms. The van der Waals surface area contributed by atoms with Crippen LogP contribution < -0.4 is 10.6 Å². The summed E-state index contributed by atoms with van der Waals surface area (Å²) in [6, 6.07) is 18.7. The van der Waals surface area contributed by atoms with Crippen LogP contribution in [0.3, 0.4) is 0 Å². The van der Waals surface area contributed by atoms with Crippen LogP contribution in [0.1, 0.15) is 21.7 Å². The number of anilines is 1. The van der Waals surface area contributed by atoms with Gasteiger partial charge in [-0.3, -0.25) is 9.59 Å². The molecule has 138 valence electrons. The van der Waals surface area contributed by atoms with Crippen LogP contribution in [0.15, 0.2) is 77.4 Å². The van der Waals surface area contributed by atoms with Gasteiger partial charge in [0.1, 0.15) is 6.04 Å². The molecule has 0 saturated carbocycles. The predicted octanol–water partition coefficient (Wildman–Crippen LogP) is 2.75. The molecule has 0 spiro atoms. The monoisotopic (exact) mass is 364 g/mol. The average molecular weight is 364 g/mol. The quantitative estimate of drug-likeness (QED) is 0.601. The van der Waals surface area contributed by atoms with Crippen molar-refractivity contribution in [2.75, 3.05) is 5.32 Å². The number of carbonyl (C=O) groups excluding carboxylic acids is 2. The fraction of sp³-hybridized carbons (Fsp3) is 0.143. The molecule has 0 fully saturated rings. The molecular formula is C21H20N2O4. The van der Waals surface area contributed by atoms with Gasteiger partial charge in [0.05, 0.1) is 12.9 Å². The van der Waals surface area contributed by atoms with Gasteiger partial charge in [0.25, 0.3) is 5.91 Å². The fourth-order valence-electron chi connectivity index (χ4n) is 2.67. The van der Waals surface area contributed by atoms with E-state index < -0.39 is 11.9 Å². The van der Waals surface area contributed by atoms with Crippen molar-refractivity contribution in [3.63, 3.8) is 0 Å². The van der Waals surface area contributed by atoms with E-state index >= 15 is 0 Å². The molecule has 6 heteroatoms. The highest BCUT2D eigenvalue weighted by Crippen LogP contribution is 2.13. The molecule has 27 heavy (non-hydrogen) atoms. The molecule has 0 radical (unpaired) electrons. The van der Waals surface area contributed by atoms with Gasteiger partial charge in [-0.1, -0.05) is 42.5 Å². The van der Waals surface area contributed by atoms with Crippen LogP contribution in [0.2, 0.25) is 0 Å². The lowest BCUT2D eigenvalue weighted by atomic mass is 10.0. The van der Waals surface area contributed by atoms with E-state index in [4.69, 9.17) is 4.42 Å². The minimum Gasteiger partial charge on any atom is -0.459 e. The fourth-order valence-corrected chi connectivity index (χ4v) is 2.67. The van der Waals surface area contributed by atoms with Crippen molar-refractivity contribution in [1.29, 1.82) is 0 Å². The lowest BCUT2D eigenvalue weighted by Gasteiger charge is -2.18. The first kappa shape index (κ1) is 18.4. The van der Waals surface area contributed by atoms with E-state index in [-0.39, 0.29) is 18.3 Å². The molecular weight excluding hydrogens is 344 g/mol. The lowest BCUT2D eigenvalue weighted by molar-refractivity contribution is -0.118. The maximum atomic E-state index is 12.8. The number of benzene rings is 2. The van der Waals surface area contributed by atoms with E-state index in [1.165, 1.54) is 12.3 Å². The van der Waals surface area contributed by atoms with E-state index in [9.17, 15) is 14.7 Å². The third-order valence-corrected chi connectivity index (χ3v) is 4.03. The third-order valence-electron chi connectivity index (χ3n) is 4.03. The topological polar surface area (TPSA) is 91.6 Å². The summed E-state index contributed by atoms with van der Waals surface area (Å²) in [4.78, 5) is 25.1. The van der Waals surface area contributed by atoms with Crippen molar-refractivity contribution in [1.82, 2.24) is 5.32 Å². The van der Waals surface area contributed by atoms with Gasteiger partial charge in [-0.25, -0.2) is 0 Å². The molecule has 0 saturated heterocycles. The average Bonchev–Trinajstić information content (AvgIpc) is 3.23. The Morgan fingerprint density at radius 2 is 1.74 bits per heavy atom. The summed E-state index contributed by atoms with van der Waals surface area (Å²) in [6.45, 7) is -0.119. The number of rotatable bonds is 7. The van der Waals surface area contributed by atoms with Gasteiger partial charge < -0.3 is 20.2 Å². The Labute approximate surface area is 156 Å². The Morgan fingerprint density at radius 3 is 2.44 bits per heavy atom. The molecule has 0 aliphatic rings. The molecule has 1 atom stereocenters. The number of aliphatic hydroxyl groups is 1. The van der Waals surface area contributed by atoms with Gasteiger partial charge in [-0.2, -0.15) is 0 Å². The number of hydrogen-bond donors (Lipinski definition) is 3. The highest BCUT2D eigenvalue weighted by atomic mass is 16.3. The zero-order valence-corrected chi connectivity index (χ0v) is 14.6. The van der Waals surface area contributed by atoms with Gasteiger partial charge in [0, 0.05) is 12.1 Å². The van der Waals surface area contributed by atoms with Crippen LogP contribution in [0, 0.1) is 0 Å². The van der Waals surface area contributed by atoms with Gasteiger partial charge in [-0.05, 0) is 35.4 Å². The standard InChI is InChI=1S/C21H20N2O4/c24-14-16-8-4-9-17(12-16)22-20(25)18(13-15-6-2-1-3-7-15)23-21(26)19-10-5-11-27-19/h1-12,18,24H,13-14H2,(H,22,25)(H,23,26). The predicted molar refractivity (Wildman–Crippen MR) is 101 cm³/mol. The maximum Gasteiger partial charge on any atom is 0.287 e. The number of furan rings is 1. The van der Waals surface area contributed by atoms with Crippen molar-refractivity contribution in [3.05, 3.63) is 89.9 Å². The van der Waals surface area contributed by atoms with E-state index in [0.717, 1.165) is 5.56 Å². The molecule has 1 heterocycles. The second-order valence-corrected chi connectivity index (χ2v) is 6.04. The van der Waals surface area contributed by atoms with Crippen molar-refractivity contribution >= 4 is 17.5 Å². The van der Waals surface area contributed by atoms with E-state index in [1.54, 1.807) is 30.3 Å². The smallest absolute Gasteiger partial charge is 0.287 e. The minimum atomic E-state index is -0.789. The van der Waals surface area contributed by atoms with Crippen LogP contribution in [0.5, 0.6) is 0 Å². The second-order valence-electron chi connectivity index (χ2n) is 6.04. The summed E-state index contributed by atoms with van der Waals surface area (Å²) in [7, 11) is 0. The summed E-state index contributed by atoms with van der Waals surface area (Å²) in [5, 5.41) is 14.8. The third kappa shape index (κ3) is 5.05.